The van der Waals surface area contributed by atoms with Crippen molar-refractivity contribution in [2.75, 3.05) is 11.9 Å². The molecule has 5 nitrogen and oxygen atoms in total. The Morgan fingerprint density at radius 2 is 1.85 bits per heavy atom. The minimum atomic E-state index is -0.709. The molecule has 6 heteroatoms. The molecule has 0 aliphatic rings. The predicted octanol–water partition coefficient (Wildman–Crippen LogP) is 4.54. The second-order valence-corrected chi connectivity index (χ2v) is 6.32. The van der Waals surface area contributed by atoms with E-state index < -0.39 is 12.1 Å². The van der Waals surface area contributed by atoms with E-state index in [0.29, 0.717) is 11.4 Å². The average molecular weight is 376 g/mol. The summed E-state index contributed by atoms with van der Waals surface area (Å²) >= 11 is 6.02. The zero-order valence-electron chi connectivity index (χ0n) is 15.3. The molecule has 0 aliphatic heterocycles. The van der Waals surface area contributed by atoms with Gasteiger partial charge in [0.1, 0.15) is 5.75 Å². The number of benzene rings is 2. The van der Waals surface area contributed by atoms with E-state index >= 15 is 0 Å². The van der Waals surface area contributed by atoms with Gasteiger partial charge in [0.05, 0.1) is 17.2 Å². The fourth-order valence-corrected chi connectivity index (χ4v) is 2.45. The fourth-order valence-electron chi connectivity index (χ4n) is 2.26. The van der Waals surface area contributed by atoms with Gasteiger partial charge in [-0.15, -0.1) is 0 Å². The Morgan fingerprint density at radius 1 is 1.12 bits per heavy atom. The first kappa shape index (κ1) is 19.8. The molecule has 1 N–H and O–H groups in total. The number of halogens is 1. The Labute approximate surface area is 158 Å². The van der Waals surface area contributed by atoms with Crippen molar-refractivity contribution in [1.82, 2.24) is 0 Å². The van der Waals surface area contributed by atoms with Crippen LogP contribution >= 0.6 is 11.6 Å². The molecule has 0 unspecified atom stereocenters. The Bertz CT molecular complexity index is 819. The summed E-state index contributed by atoms with van der Waals surface area (Å²) in [5.41, 5.74) is 2.89. The van der Waals surface area contributed by atoms with Crippen LogP contribution in [0.15, 0.2) is 36.4 Å². The molecular formula is C20H22ClNO4. The molecule has 2 aromatic rings. The normalized spacial score (nSPS) is 11.6. The van der Waals surface area contributed by atoms with Crippen molar-refractivity contribution in [3.05, 3.63) is 58.1 Å². The first-order valence-electron chi connectivity index (χ1n) is 8.33. The van der Waals surface area contributed by atoms with Gasteiger partial charge in [0.15, 0.2) is 6.10 Å². The highest BCUT2D eigenvalue weighted by Crippen LogP contribution is 2.22. The maximum absolute atomic E-state index is 12.4. The van der Waals surface area contributed by atoms with Crippen LogP contribution in [0.1, 0.15) is 35.3 Å². The molecular weight excluding hydrogens is 354 g/mol. The number of hydrogen-bond donors (Lipinski definition) is 1. The average Bonchev–Trinajstić information content (AvgIpc) is 2.60. The summed E-state index contributed by atoms with van der Waals surface area (Å²) in [6.45, 7) is 7.61. The molecule has 0 fully saturated rings. The highest BCUT2D eigenvalue weighted by Gasteiger charge is 2.17. The van der Waals surface area contributed by atoms with Crippen molar-refractivity contribution in [3.63, 3.8) is 0 Å². The van der Waals surface area contributed by atoms with E-state index in [1.54, 1.807) is 19.9 Å². The van der Waals surface area contributed by atoms with Gasteiger partial charge in [0.25, 0.3) is 5.91 Å². The molecule has 0 radical (unpaired) electrons. The van der Waals surface area contributed by atoms with E-state index in [9.17, 15) is 9.59 Å². The number of anilines is 1. The van der Waals surface area contributed by atoms with Crippen LogP contribution in [0.3, 0.4) is 0 Å². The molecule has 0 spiro atoms. The molecule has 138 valence electrons. The van der Waals surface area contributed by atoms with Crippen molar-refractivity contribution in [2.45, 2.75) is 33.8 Å². The molecule has 1 amide bonds. The van der Waals surface area contributed by atoms with Crippen molar-refractivity contribution in [3.8, 4) is 5.75 Å². The first-order chi connectivity index (χ1) is 12.3. The molecule has 0 aliphatic carbocycles. The molecule has 0 saturated carbocycles. The van der Waals surface area contributed by atoms with E-state index in [-0.39, 0.29) is 23.1 Å². The van der Waals surface area contributed by atoms with E-state index in [4.69, 9.17) is 21.1 Å². The lowest BCUT2D eigenvalue weighted by atomic mass is 10.1. The van der Waals surface area contributed by atoms with Crippen LogP contribution in [0.5, 0.6) is 5.75 Å². The first-order valence-corrected chi connectivity index (χ1v) is 8.71. The Hall–Kier alpha value is -2.53. The number of ether oxygens (including phenoxy) is 2. The lowest BCUT2D eigenvalue weighted by Gasteiger charge is -2.16. The standard InChI is InChI=1S/C20H22ClNO4/c1-5-25-20(24)17-11-15(7-9-18(17)21)22-19(23)14(4)26-16-8-6-12(2)13(3)10-16/h6-11,14H,5H2,1-4H3,(H,22,23)/t14-/m0/s1. The predicted molar refractivity (Wildman–Crippen MR) is 102 cm³/mol. The van der Waals surface area contributed by atoms with Crippen LogP contribution < -0.4 is 10.1 Å². The molecule has 2 aromatic carbocycles. The van der Waals surface area contributed by atoms with Gasteiger partial charge in [-0.2, -0.15) is 0 Å². The quantitative estimate of drug-likeness (QED) is 0.753. The number of carbonyl (C=O) groups excluding carboxylic acids is 2. The number of aryl methyl sites for hydroxylation is 2. The van der Waals surface area contributed by atoms with Crippen molar-refractivity contribution < 1.29 is 19.1 Å². The Morgan fingerprint density at radius 3 is 2.50 bits per heavy atom. The topological polar surface area (TPSA) is 64.6 Å². The molecule has 0 bridgehead atoms. The van der Waals surface area contributed by atoms with E-state index in [0.717, 1.165) is 11.1 Å². The minimum absolute atomic E-state index is 0.203. The Balaban J connectivity index is 2.07. The van der Waals surface area contributed by atoms with Crippen LogP contribution in [-0.4, -0.2) is 24.6 Å². The van der Waals surface area contributed by atoms with Gasteiger partial charge in [-0.1, -0.05) is 17.7 Å². The van der Waals surface area contributed by atoms with Gasteiger partial charge >= 0.3 is 5.97 Å². The lowest BCUT2D eigenvalue weighted by Crippen LogP contribution is -2.30. The van der Waals surface area contributed by atoms with E-state index in [1.807, 2.05) is 32.0 Å². The SMILES string of the molecule is CCOC(=O)c1cc(NC(=O)[C@H](C)Oc2ccc(C)c(C)c2)ccc1Cl. The lowest BCUT2D eigenvalue weighted by molar-refractivity contribution is -0.122. The highest BCUT2D eigenvalue weighted by molar-refractivity contribution is 6.33. The second kappa shape index (κ2) is 8.72. The summed E-state index contributed by atoms with van der Waals surface area (Å²) in [5, 5.41) is 2.99. The van der Waals surface area contributed by atoms with E-state index in [2.05, 4.69) is 5.32 Å². The summed E-state index contributed by atoms with van der Waals surface area (Å²) < 4.78 is 10.6. The van der Waals surface area contributed by atoms with Crippen LogP contribution in [0, 0.1) is 13.8 Å². The summed E-state index contributed by atoms with van der Waals surface area (Å²) in [6.07, 6.45) is -0.709. The summed E-state index contributed by atoms with van der Waals surface area (Å²) in [7, 11) is 0. The zero-order chi connectivity index (χ0) is 19.3. The van der Waals surface area contributed by atoms with Crippen LogP contribution in [-0.2, 0) is 9.53 Å². The van der Waals surface area contributed by atoms with Crippen molar-refractivity contribution >= 4 is 29.2 Å². The second-order valence-electron chi connectivity index (χ2n) is 5.91. The number of nitrogens with one attached hydrogen (secondary N) is 1. The Kier molecular flexibility index (Phi) is 6.64. The van der Waals surface area contributed by atoms with Gasteiger partial charge in [-0.3, -0.25) is 4.79 Å². The van der Waals surface area contributed by atoms with Gasteiger partial charge in [0.2, 0.25) is 0 Å². The van der Waals surface area contributed by atoms with Gasteiger partial charge in [-0.05, 0) is 69.2 Å². The largest absolute Gasteiger partial charge is 0.481 e. The molecule has 0 saturated heterocycles. The number of hydrogen-bond acceptors (Lipinski definition) is 4. The van der Waals surface area contributed by atoms with Gasteiger partial charge in [0, 0.05) is 5.69 Å². The summed E-state index contributed by atoms with van der Waals surface area (Å²) in [6, 6.07) is 10.3. The van der Waals surface area contributed by atoms with Crippen LogP contribution in [0.4, 0.5) is 5.69 Å². The van der Waals surface area contributed by atoms with Gasteiger partial charge < -0.3 is 14.8 Å². The summed E-state index contributed by atoms with van der Waals surface area (Å²) in [4.78, 5) is 24.3. The molecule has 26 heavy (non-hydrogen) atoms. The van der Waals surface area contributed by atoms with Crippen molar-refractivity contribution in [2.24, 2.45) is 0 Å². The van der Waals surface area contributed by atoms with Crippen LogP contribution in [0.25, 0.3) is 0 Å². The zero-order valence-corrected chi connectivity index (χ0v) is 16.0. The van der Waals surface area contributed by atoms with Crippen LogP contribution in [0.2, 0.25) is 5.02 Å². The monoisotopic (exact) mass is 375 g/mol. The number of esters is 1. The number of carbonyl (C=O) groups is 2. The smallest absolute Gasteiger partial charge is 0.339 e. The van der Waals surface area contributed by atoms with Crippen molar-refractivity contribution in [1.29, 1.82) is 0 Å². The minimum Gasteiger partial charge on any atom is -0.481 e. The third-order valence-electron chi connectivity index (χ3n) is 3.89. The highest BCUT2D eigenvalue weighted by atomic mass is 35.5. The molecule has 0 aromatic heterocycles. The third kappa shape index (κ3) is 4.99. The fraction of sp³-hybridized carbons (Fsp3) is 0.300. The molecule has 1 atom stereocenters. The van der Waals surface area contributed by atoms with E-state index in [1.165, 1.54) is 12.1 Å². The maximum atomic E-state index is 12.4. The number of rotatable bonds is 6. The molecule has 0 heterocycles. The maximum Gasteiger partial charge on any atom is 0.339 e. The van der Waals surface area contributed by atoms with Gasteiger partial charge in [-0.25, -0.2) is 4.79 Å². The summed E-state index contributed by atoms with van der Waals surface area (Å²) in [5.74, 6) is -0.243. The third-order valence-corrected chi connectivity index (χ3v) is 4.22. The molecule has 2 rings (SSSR count). The number of amides is 1.